The highest BCUT2D eigenvalue weighted by Gasteiger charge is 2.17. The van der Waals surface area contributed by atoms with Crippen molar-refractivity contribution >= 4 is 27.5 Å². The van der Waals surface area contributed by atoms with E-state index in [9.17, 15) is 4.79 Å². The second kappa shape index (κ2) is 9.13. The lowest BCUT2D eigenvalue weighted by Gasteiger charge is -2.34. The molecule has 0 unspecified atom stereocenters. The van der Waals surface area contributed by atoms with Crippen LogP contribution in [0.25, 0.3) is 0 Å². The van der Waals surface area contributed by atoms with Gasteiger partial charge in [-0.15, -0.1) is 0 Å². The van der Waals surface area contributed by atoms with Gasteiger partial charge >= 0.3 is 0 Å². The highest BCUT2D eigenvalue weighted by Crippen LogP contribution is 2.14. The molecule has 0 saturated carbocycles. The van der Waals surface area contributed by atoms with Crippen LogP contribution in [0.2, 0.25) is 0 Å². The Labute approximate surface area is 158 Å². The van der Waals surface area contributed by atoms with E-state index in [1.54, 1.807) is 0 Å². The number of hydrogen-bond donors (Lipinski definition) is 1. The van der Waals surface area contributed by atoms with E-state index in [1.807, 2.05) is 24.3 Å². The number of carbonyl (C=O) groups excluding carboxylic acids is 1. The molecule has 0 atom stereocenters. The molecule has 5 heteroatoms. The Morgan fingerprint density at radius 3 is 2.24 bits per heavy atom. The van der Waals surface area contributed by atoms with Gasteiger partial charge in [-0.1, -0.05) is 46.3 Å². The Hall–Kier alpha value is -1.69. The molecule has 1 aliphatic rings. The monoisotopic (exact) mass is 401 g/mol. The topological polar surface area (TPSA) is 35.6 Å². The van der Waals surface area contributed by atoms with Crippen LogP contribution in [-0.4, -0.2) is 48.4 Å². The van der Waals surface area contributed by atoms with Gasteiger partial charge in [0.1, 0.15) is 0 Å². The second-order valence-electron chi connectivity index (χ2n) is 6.41. The summed E-state index contributed by atoms with van der Waals surface area (Å²) in [6.07, 6.45) is 0.536. The molecule has 0 spiro atoms. The highest BCUT2D eigenvalue weighted by atomic mass is 79.9. The van der Waals surface area contributed by atoms with Crippen molar-refractivity contribution in [3.05, 3.63) is 64.6 Å². The third-order valence-corrected chi connectivity index (χ3v) is 5.03. The lowest BCUT2D eigenvalue weighted by Crippen LogP contribution is -2.46. The molecule has 0 radical (unpaired) electrons. The summed E-state index contributed by atoms with van der Waals surface area (Å²) in [6.45, 7) is 6.00. The lowest BCUT2D eigenvalue weighted by molar-refractivity contribution is -0.116. The Morgan fingerprint density at radius 2 is 1.56 bits per heavy atom. The first-order valence-electron chi connectivity index (χ1n) is 8.73. The molecule has 1 amide bonds. The first-order valence-corrected chi connectivity index (χ1v) is 9.52. The van der Waals surface area contributed by atoms with Gasteiger partial charge in [0.05, 0.1) is 0 Å². The molecule has 1 fully saturated rings. The number of benzene rings is 2. The van der Waals surface area contributed by atoms with Gasteiger partial charge in [0.2, 0.25) is 5.91 Å². The van der Waals surface area contributed by atoms with Gasteiger partial charge in [0.15, 0.2) is 0 Å². The van der Waals surface area contributed by atoms with Gasteiger partial charge < -0.3 is 10.2 Å². The first-order chi connectivity index (χ1) is 12.2. The maximum absolute atomic E-state index is 12.1. The molecule has 25 heavy (non-hydrogen) atoms. The van der Waals surface area contributed by atoms with Crippen LogP contribution in [0.3, 0.4) is 0 Å². The molecule has 1 saturated heterocycles. The van der Waals surface area contributed by atoms with Gasteiger partial charge in [0.25, 0.3) is 0 Å². The molecule has 0 aromatic heterocycles. The van der Waals surface area contributed by atoms with E-state index in [4.69, 9.17) is 0 Å². The van der Waals surface area contributed by atoms with E-state index in [2.05, 4.69) is 61.4 Å². The standard InChI is InChI=1S/C20H24BrN3O/c21-18-6-8-19(9-7-18)22-20(25)10-11-23-12-14-24(15-13-23)16-17-4-2-1-3-5-17/h1-9H,10-16H2,(H,22,25). The Kier molecular flexibility index (Phi) is 6.62. The molecule has 2 aromatic carbocycles. The molecule has 2 aromatic rings. The third-order valence-electron chi connectivity index (χ3n) is 4.50. The third kappa shape index (κ3) is 5.96. The highest BCUT2D eigenvalue weighted by molar-refractivity contribution is 9.10. The van der Waals surface area contributed by atoms with Crippen molar-refractivity contribution in [2.24, 2.45) is 0 Å². The minimum absolute atomic E-state index is 0.0778. The van der Waals surface area contributed by atoms with E-state index >= 15 is 0 Å². The van der Waals surface area contributed by atoms with Gasteiger partial charge in [-0.05, 0) is 29.8 Å². The quantitative estimate of drug-likeness (QED) is 0.802. The Bertz CT molecular complexity index is 667. The second-order valence-corrected chi connectivity index (χ2v) is 7.32. The Morgan fingerprint density at radius 1 is 0.920 bits per heavy atom. The number of piperazine rings is 1. The summed E-state index contributed by atoms with van der Waals surface area (Å²) in [6, 6.07) is 18.3. The van der Waals surface area contributed by atoms with Crippen LogP contribution < -0.4 is 5.32 Å². The van der Waals surface area contributed by atoms with E-state index in [0.29, 0.717) is 6.42 Å². The van der Waals surface area contributed by atoms with E-state index in [-0.39, 0.29) is 5.91 Å². The summed E-state index contributed by atoms with van der Waals surface area (Å²) in [5, 5.41) is 2.95. The van der Waals surface area contributed by atoms with E-state index < -0.39 is 0 Å². The number of halogens is 1. The van der Waals surface area contributed by atoms with Crippen molar-refractivity contribution in [2.45, 2.75) is 13.0 Å². The number of carbonyl (C=O) groups is 1. The van der Waals surface area contributed by atoms with Crippen LogP contribution in [0.5, 0.6) is 0 Å². The normalized spacial score (nSPS) is 15.9. The number of hydrogen-bond acceptors (Lipinski definition) is 3. The minimum atomic E-state index is 0.0778. The average Bonchev–Trinajstić information content (AvgIpc) is 2.64. The summed E-state index contributed by atoms with van der Waals surface area (Å²) in [7, 11) is 0. The number of nitrogens with one attached hydrogen (secondary N) is 1. The zero-order chi connectivity index (χ0) is 17.5. The van der Waals surface area contributed by atoms with Crippen molar-refractivity contribution in [2.75, 3.05) is 38.0 Å². The van der Waals surface area contributed by atoms with E-state index in [1.165, 1.54) is 5.56 Å². The number of amides is 1. The predicted molar refractivity (Wildman–Crippen MR) is 106 cm³/mol. The van der Waals surface area contributed by atoms with Crippen LogP contribution in [0.4, 0.5) is 5.69 Å². The fraction of sp³-hybridized carbons (Fsp3) is 0.350. The molecule has 3 rings (SSSR count). The number of rotatable bonds is 6. The van der Waals surface area contributed by atoms with Crippen molar-refractivity contribution in [3.8, 4) is 0 Å². The van der Waals surface area contributed by atoms with Crippen LogP contribution in [0.1, 0.15) is 12.0 Å². The molecule has 0 aliphatic carbocycles. The zero-order valence-electron chi connectivity index (χ0n) is 14.3. The average molecular weight is 402 g/mol. The molecule has 1 aliphatic heterocycles. The van der Waals surface area contributed by atoms with Gasteiger partial charge in [-0.25, -0.2) is 0 Å². The largest absolute Gasteiger partial charge is 0.326 e. The summed E-state index contributed by atoms with van der Waals surface area (Å²) in [5.74, 6) is 0.0778. The number of nitrogens with zero attached hydrogens (tertiary/aromatic N) is 2. The fourth-order valence-corrected chi connectivity index (χ4v) is 3.29. The summed E-state index contributed by atoms with van der Waals surface area (Å²) >= 11 is 3.40. The molecule has 132 valence electrons. The van der Waals surface area contributed by atoms with Gasteiger partial charge in [0, 0.05) is 55.8 Å². The van der Waals surface area contributed by atoms with Crippen molar-refractivity contribution in [1.82, 2.24) is 9.80 Å². The summed E-state index contributed by atoms with van der Waals surface area (Å²) in [5.41, 5.74) is 2.21. The smallest absolute Gasteiger partial charge is 0.225 e. The molecule has 1 heterocycles. The number of anilines is 1. The maximum atomic E-state index is 12.1. The minimum Gasteiger partial charge on any atom is -0.326 e. The zero-order valence-corrected chi connectivity index (χ0v) is 15.9. The van der Waals surface area contributed by atoms with E-state index in [0.717, 1.165) is 49.4 Å². The molecule has 4 nitrogen and oxygen atoms in total. The molecule has 0 bridgehead atoms. The Balaban J connectivity index is 1.36. The predicted octanol–water partition coefficient (Wildman–Crippen LogP) is 3.60. The van der Waals surface area contributed by atoms with Crippen LogP contribution >= 0.6 is 15.9 Å². The summed E-state index contributed by atoms with van der Waals surface area (Å²) < 4.78 is 1.01. The fourth-order valence-electron chi connectivity index (χ4n) is 3.03. The van der Waals surface area contributed by atoms with Gasteiger partial charge in [-0.3, -0.25) is 9.69 Å². The van der Waals surface area contributed by atoms with Crippen molar-refractivity contribution < 1.29 is 4.79 Å². The molecule has 1 N–H and O–H groups in total. The SMILES string of the molecule is O=C(CCN1CCN(Cc2ccccc2)CC1)Nc1ccc(Br)cc1. The van der Waals surface area contributed by atoms with Crippen LogP contribution in [0, 0.1) is 0 Å². The van der Waals surface area contributed by atoms with Crippen molar-refractivity contribution in [1.29, 1.82) is 0 Å². The van der Waals surface area contributed by atoms with Crippen LogP contribution in [0.15, 0.2) is 59.1 Å². The lowest BCUT2D eigenvalue weighted by atomic mass is 10.2. The molecular formula is C20H24BrN3O. The molecular weight excluding hydrogens is 378 g/mol. The maximum Gasteiger partial charge on any atom is 0.225 e. The summed E-state index contributed by atoms with van der Waals surface area (Å²) in [4.78, 5) is 16.9. The first kappa shape index (κ1) is 18.1. The van der Waals surface area contributed by atoms with Gasteiger partial charge in [-0.2, -0.15) is 0 Å². The van der Waals surface area contributed by atoms with Crippen LogP contribution in [-0.2, 0) is 11.3 Å². The van der Waals surface area contributed by atoms with Crippen molar-refractivity contribution in [3.63, 3.8) is 0 Å².